The Labute approximate surface area is 108 Å². The van der Waals surface area contributed by atoms with Gasteiger partial charge < -0.3 is 15.1 Å². The molecule has 0 saturated carbocycles. The minimum atomic E-state index is -1.23. The van der Waals surface area contributed by atoms with Crippen LogP contribution in [0.1, 0.15) is 0 Å². The van der Waals surface area contributed by atoms with E-state index in [0.717, 1.165) is 4.90 Å². The van der Waals surface area contributed by atoms with E-state index in [1.165, 1.54) is 17.0 Å². The van der Waals surface area contributed by atoms with Crippen LogP contribution in [0, 0.1) is 0 Å². The standard InChI is InChI=1S/C12H12N2O5/c15-9-3-1-2-8(4-9)13-5-10(16)14(7-12(18)19)11(17)6-13/h1-4,15H,5-7H2,(H,18,19). The number of amides is 2. The Bertz CT molecular complexity index is 525. The van der Waals surface area contributed by atoms with E-state index in [1.54, 1.807) is 12.1 Å². The van der Waals surface area contributed by atoms with Gasteiger partial charge in [-0.15, -0.1) is 0 Å². The third-order valence-corrected chi connectivity index (χ3v) is 2.74. The highest BCUT2D eigenvalue weighted by atomic mass is 16.4. The maximum absolute atomic E-state index is 11.7. The van der Waals surface area contributed by atoms with Crippen molar-refractivity contribution >= 4 is 23.5 Å². The van der Waals surface area contributed by atoms with Crippen LogP contribution in [0.3, 0.4) is 0 Å². The zero-order valence-electron chi connectivity index (χ0n) is 9.94. The van der Waals surface area contributed by atoms with E-state index < -0.39 is 24.3 Å². The molecule has 1 aromatic carbocycles. The summed E-state index contributed by atoms with van der Waals surface area (Å²) in [4.78, 5) is 36.3. The van der Waals surface area contributed by atoms with Crippen LogP contribution in [-0.2, 0) is 14.4 Å². The van der Waals surface area contributed by atoms with Gasteiger partial charge in [0.05, 0.1) is 13.1 Å². The maximum atomic E-state index is 11.7. The molecule has 0 aliphatic carbocycles. The van der Waals surface area contributed by atoms with Gasteiger partial charge in [0.2, 0.25) is 11.8 Å². The van der Waals surface area contributed by atoms with Crippen LogP contribution in [0.25, 0.3) is 0 Å². The number of phenols is 1. The van der Waals surface area contributed by atoms with E-state index in [0.29, 0.717) is 5.69 Å². The molecule has 1 aliphatic rings. The number of carbonyl (C=O) groups excluding carboxylic acids is 2. The number of aromatic hydroxyl groups is 1. The lowest BCUT2D eigenvalue weighted by Crippen LogP contribution is -2.55. The Morgan fingerprint density at radius 3 is 2.37 bits per heavy atom. The first-order valence-corrected chi connectivity index (χ1v) is 5.56. The molecule has 2 amide bonds. The molecule has 2 N–H and O–H groups in total. The topological polar surface area (TPSA) is 98.2 Å². The van der Waals surface area contributed by atoms with Crippen molar-refractivity contribution in [3.63, 3.8) is 0 Å². The Morgan fingerprint density at radius 2 is 1.84 bits per heavy atom. The van der Waals surface area contributed by atoms with E-state index in [1.807, 2.05) is 0 Å². The number of hydrogen-bond donors (Lipinski definition) is 2. The molecule has 1 saturated heterocycles. The number of phenolic OH excluding ortho intramolecular Hbond substituents is 1. The lowest BCUT2D eigenvalue weighted by atomic mass is 10.2. The summed E-state index contributed by atoms with van der Waals surface area (Å²) in [5.74, 6) is -2.33. The average Bonchev–Trinajstić information content (AvgIpc) is 2.33. The minimum Gasteiger partial charge on any atom is -0.508 e. The summed E-state index contributed by atoms with van der Waals surface area (Å²) in [7, 11) is 0. The summed E-state index contributed by atoms with van der Waals surface area (Å²) >= 11 is 0. The van der Waals surface area contributed by atoms with Crippen molar-refractivity contribution in [2.45, 2.75) is 0 Å². The number of carboxylic acids is 1. The SMILES string of the molecule is O=C(O)CN1C(=O)CN(c2cccc(O)c2)CC1=O. The first kappa shape index (κ1) is 12.9. The fourth-order valence-electron chi connectivity index (χ4n) is 1.88. The van der Waals surface area contributed by atoms with Gasteiger partial charge in [0.25, 0.3) is 0 Å². The minimum absolute atomic E-state index is 0.0327. The highest BCUT2D eigenvalue weighted by Gasteiger charge is 2.32. The van der Waals surface area contributed by atoms with Gasteiger partial charge in [-0.1, -0.05) is 6.07 Å². The molecular formula is C12H12N2O5. The van der Waals surface area contributed by atoms with Crippen molar-refractivity contribution in [3.8, 4) is 5.75 Å². The second-order valence-electron chi connectivity index (χ2n) is 4.14. The third kappa shape index (κ3) is 2.82. The number of carboxylic acid groups (broad SMARTS) is 1. The predicted octanol–water partition coefficient (Wildman–Crippen LogP) is -0.348. The molecule has 1 aliphatic heterocycles. The Morgan fingerprint density at radius 1 is 1.21 bits per heavy atom. The Hall–Kier alpha value is -2.57. The Balaban J connectivity index is 2.15. The number of nitrogens with zero attached hydrogens (tertiary/aromatic N) is 2. The van der Waals surface area contributed by atoms with Crippen LogP contribution < -0.4 is 4.90 Å². The molecule has 1 heterocycles. The smallest absolute Gasteiger partial charge is 0.323 e. The van der Waals surface area contributed by atoms with Crippen LogP contribution in [0.2, 0.25) is 0 Å². The average molecular weight is 264 g/mol. The predicted molar refractivity (Wildman–Crippen MR) is 64.7 cm³/mol. The summed E-state index contributed by atoms with van der Waals surface area (Å²) < 4.78 is 0. The number of benzene rings is 1. The number of carbonyl (C=O) groups is 3. The third-order valence-electron chi connectivity index (χ3n) is 2.74. The lowest BCUT2D eigenvalue weighted by Gasteiger charge is -2.33. The van der Waals surface area contributed by atoms with Crippen LogP contribution in [-0.4, -0.2) is 52.5 Å². The number of imide groups is 1. The first-order chi connectivity index (χ1) is 8.97. The number of hydrogen-bond acceptors (Lipinski definition) is 5. The van der Waals surface area contributed by atoms with Gasteiger partial charge in [0, 0.05) is 11.8 Å². The van der Waals surface area contributed by atoms with Gasteiger partial charge in [-0.3, -0.25) is 19.3 Å². The number of piperazine rings is 1. The highest BCUT2D eigenvalue weighted by Crippen LogP contribution is 2.21. The highest BCUT2D eigenvalue weighted by molar-refractivity contribution is 6.04. The fourth-order valence-corrected chi connectivity index (χ4v) is 1.88. The molecule has 1 fully saturated rings. The van der Waals surface area contributed by atoms with Crippen molar-refractivity contribution < 1.29 is 24.6 Å². The van der Waals surface area contributed by atoms with Crippen molar-refractivity contribution in [1.82, 2.24) is 4.90 Å². The number of rotatable bonds is 3. The molecule has 19 heavy (non-hydrogen) atoms. The monoisotopic (exact) mass is 264 g/mol. The molecule has 1 aromatic rings. The number of anilines is 1. The van der Waals surface area contributed by atoms with Gasteiger partial charge >= 0.3 is 5.97 Å². The van der Waals surface area contributed by atoms with E-state index in [2.05, 4.69) is 0 Å². The first-order valence-electron chi connectivity index (χ1n) is 5.56. The van der Waals surface area contributed by atoms with Crippen molar-refractivity contribution in [2.75, 3.05) is 24.5 Å². The van der Waals surface area contributed by atoms with Crippen LogP contribution in [0.4, 0.5) is 5.69 Å². The van der Waals surface area contributed by atoms with Crippen LogP contribution in [0.15, 0.2) is 24.3 Å². The molecule has 0 bridgehead atoms. The van der Waals surface area contributed by atoms with Gasteiger partial charge in [0.1, 0.15) is 12.3 Å². The molecule has 0 radical (unpaired) electrons. The molecule has 100 valence electrons. The molecule has 0 unspecified atom stereocenters. The van der Waals surface area contributed by atoms with E-state index in [9.17, 15) is 19.5 Å². The van der Waals surface area contributed by atoms with Crippen molar-refractivity contribution in [1.29, 1.82) is 0 Å². The molecule has 0 atom stereocenters. The molecule has 2 rings (SSSR count). The van der Waals surface area contributed by atoms with E-state index >= 15 is 0 Å². The second-order valence-corrected chi connectivity index (χ2v) is 4.14. The molecule has 7 nitrogen and oxygen atoms in total. The normalized spacial score (nSPS) is 15.8. The second kappa shape index (κ2) is 4.97. The summed E-state index contributed by atoms with van der Waals surface area (Å²) in [6.45, 7) is -0.809. The van der Waals surface area contributed by atoms with Crippen molar-refractivity contribution in [3.05, 3.63) is 24.3 Å². The Kier molecular flexibility index (Phi) is 3.37. The largest absolute Gasteiger partial charge is 0.508 e. The van der Waals surface area contributed by atoms with Gasteiger partial charge in [-0.25, -0.2) is 0 Å². The molecule has 0 aromatic heterocycles. The summed E-state index contributed by atoms with van der Waals surface area (Å²) in [5.41, 5.74) is 0.539. The van der Waals surface area contributed by atoms with Crippen LogP contribution >= 0.6 is 0 Å². The fraction of sp³-hybridized carbons (Fsp3) is 0.250. The molecule has 7 heteroatoms. The zero-order valence-corrected chi connectivity index (χ0v) is 9.94. The van der Waals surface area contributed by atoms with Gasteiger partial charge in [0.15, 0.2) is 0 Å². The van der Waals surface area contributed by atoms with Crippen molar-refractivity contribution in [2.24, 2.45) is 0 Å². The summed E-state index contributed by atoms with van der Waals surface area (Å²) in [6, 6.07) is 6.18. The van der Waals surface area contributed by atoms with Crippen LogP contribution in [0.5, 0.6) is 5.75 Å². The molecule has 0 spiro atoms. The molecular weight excluding hydrogens is 252 g/mol. The van der Waals surface area contributed by atoms with Gasteiger partial charge in [-0.05, 0) is 12.1 Å². The summed E-state index contributed by atoms with van der Waals surface area (Å²) in [5, 5.41) is 18.0. The van der Waals surface area contributed by atoms with E-state index in [-0.39, 0.29) is 18.8 Å². The zero-order chi connectivity index (χ0) is 14.0. The summed E-state index contributed by atoms with van der Waals surface area (Å²) in [6.07, 6.45) is 0. The van der Waals surface area contributed by atoms with Gasteiger partial charge in [-0.2, -0.15) is 0 Å². The quantitative estimate of drug-likeness (QED) is 0.724. The number of aliphatic carboxylic acids is 1. The maximum Gasteiger partial charge on any atom is 0.323 e. The lowest BCUT2D eigenvalue weighted by molar-refractivity contribution is -0.153. The van der Waals surface area contributed by atoms with E-state index in [4.69, 9.17) is 5.11 Å².